The molecule has 5 nitrogen and oxygen atoms in total. The van der Waals surface area contributed by atoms with Crippen molar-refractivity contribution in [3.05, 3.63) is 33.9 Å². The summed E-state index contributed by atoms with van der Waals surface area (Å²) in [6, 6.07) is 6.70. The van der Waals surface area contributed by atoms with E-state index in [9.17, 15) is 10.1 Å². The molecule has 0 N–H and O–H groups in total. The summed E-state index contributed by atoms with van der Waals surface area (Å²) in [4.78, 5) is 10.3. The van der Waals surface area contributed by atoms with Crippen LogP contribution in [0.1, 0.15) is 25.8 Å². The molecule has 1 aromatic rings. The van der Waals surface area contributed by atoms with Crippen LogP contribution in [0.15, 0.2) is 18.2 Å². The average molecular weight is 248 g/mol. The highest BCUT2D eigenvalue weighted by atomic mass is 16.6. The average Bonchev–Trinajstić information content (AvgIpc) is 2.38. The Bertz CT molecular complexity index is 493. The Hall–Kier alpha value is -2.09. The standard InChI is InChI=1S/C13H16N2O3/c1-4-13(2,9-14)8-10-7-11(15(16)17)5-6-12(10)18-3/h5-7H,4,8H2,1-3H3. The number of nitriles is 1. The molecule has 18 heavy (non-hydrogen) atoms. The molecule has 0 heterocycles. The lowest BCUT2D eigenvalue weighted by molar-refractivity contribution is -0.384. The molecule has 0 amide bonds. The molecule has 1 unspecified atom stereocenters. The van der Waals surface area contributed by atoms with Gasteiger partial charge in [0.15, 0.2) is 0 Å². The molecule has 0 radical (unpaired) electrons. The number of benzene rings is 1. The normalized spacial score (nSPS) is 13.4. The van der Waals surface area contributed by atoms with Crippen molar-refractivity contribution in [1.29, 1.82) is 5.26 Å². The third kappa shape index (κ3) is 2.98. The van der Waals surface area contributed by atoms with Gasteiger partial charge in [-0.05, 0) is 25.8 Å². The summed E-state index contributed by atoms with van der Waals surface area (Å²) in [6.45, 7) is 3.76. The SMILES string of the molecule is CCC(C)(C#N)Cc1cc([N+](=O)[O-])ccc1OC. The first-order chi connectivity index (χ1) is 8.45. The van der Waals surface area contributed by atoms with Gasteiger partial charge >= 0.3 is 0 Å². The maximum atomic E-state index is 10.8. The molecule has 0 aromatic heterocycles. The summed E-state index contributed by atoms with van der Waals surface area (Å²) in [5, 5.41) is 19.9. The van der Waals surface area contributed by atoms with Crippen LogP contribution < -0.4 is 4.74 Å². The molecule has 0 bridgehead atoms. The van der Waals surface area contributed by atoms with E-state index in [4.69, 9.17) is 10.00 Å². The van der Waals surface area contributed by atoms with Crippen molar-refractivity contribution in [1.82, 2.24) is 0 Å². The molecule has 0 saturated carbocycles. The highest BCUT2D eigenvalue weighted by Crippen LogP contribution is 2.32. The maximum absolute atomic E-state index is 10.8. The Balaban J connectivity index is 3.17. The Labute approximate surface area is 106 Å². The summed E-state index contributed by atoms with van der Waals surface area (Å²) < 4.78 is 5.18. The van der Waals surface area contributed by atoms with E-state index in [1.54, 1.807) is 6.07 Å². The summed E-state index contributed by atoms with van der Waals surface area (Å²) in [5.41, 5.74) is 0.169. The van der Waals surface area contributed by atoms with Gasteiger partial charge in [-0.15, -0.1) is 0 Å². The quantitative estimate of drug-likeness (QED) is 0.592. The molecule has 1 atom stereocenters. The van der Waals surface area contributed by atoms with E-state index in [0.29, 0.717) is 24.2 Å². The molecule has 0 aliphatic rings. The van der Waals surface area contributed by atoms with Gasteiger partial charge in [-0.2, -0.15) is 5.26 Å². The number of methoxy groups -OCH3 is 1. The zero-order valence-corrected chi connectivity index (χ0v) is 10.8. The number of nitrogens with zero attached hydrogens (tertiary/aromatic N) is 2. The van der Waals surface area contributed by atoms with Gasteiger partial charge in [-0.25, -0.2) is 0 Å². The van der Waals surface area contributed by atoms with Gasteiger partial charge in [0, 0.05) is 17.7 Å². The lowest BCUT2D eigenvalue weighted by atomic mass is 9.82. The van der Waals surface area contributed by atoms with E-state index in [2.05, 4.69) is 6.07 Å². The number of nitro groups is 1. The summed E-state index contributed by atoms with van der Waals surface area (Å²) in [6.07, 6.45) is 1.11. The molecule has 1 aromatic carbocycles. The predicted octanol–water partition coefficient (Wildman–Crippen LogP) is 3.09. The number of rotatable bonds is 5. The minimum atomic E-state index is -0.539. The Morgan fingerprint density at radius 1 is 1.56 bits per heavy atom. The zero-order chi connectivity index (χ0) is 13.8. The van der Waals surface area contributed by atoms with Crippen LogP contribution in [-0.4, -0.2) is 12.0 Å². The van der Waals surface area contributed by atoms with Crippen molar-refractivity contribution in [2.75, 3.05) is 7.11 Å². The van der Waals surface area contributed by atoms with Gasteiger partial charge in [-0.1, -0.05) is 6.92 Å². The Kier molecular flexibility index (Phi) is 4.27. The van der Waals surface area contributed by atoms with Crippen LogP contribution >= 0.6 is 0 Å². The molecule has 0 saturated heterocycles. The Morgan fingerprint density at radius 2 is 2.22 bits per heavy atom. The van der Waals surface area contributed by atoms with Crippen molar-refractivity contribution in [3.8, 4) is 11.8 Å². The molecule has 96 valence electrons. The van der Waals surface area contributed by atoms with Gasteiger partial charge in [0.2, 0.25) is 0 Å². The lowest BCUT2D eigenvalue weighted by Crippen LogP contribution is -2.16. The van der Waals surface area contributed by atoms with E-state index >= 15 is 0 Å². The molecular weight excluding hydrogens is 232 g/mol. The van der Waals surface area contributed by atoms with Crippen LogP contribution in [-0.2, 0) is 6.42 Å². The molecule has 0 spiro atoms. The fourth-order valence-corrected chi connectivity index (χ4v) is 1.68. The maximum Gasteiger partial charge on any atom is 0.269 e. The van der Waals surface area contributed by atoms with Crippen molar-refractivity contribution < 1.29 is 9.66 Å². The van der Waals surface area contributed by atoms with Crippen LogP contribution in [0.5, 0.6) is 5.75 Å². The molecule has 1 rings (SSSR count). The third-order valence-electron chi connectivity index (χ3n) is 3.11. The van der Waals surface area contributed by atoms with E-state index in [1.807, 2.05) is 13.8 Å². The van der Waals surface area contributed by atoms with Crippen LogP contribution in [0.4, 0.5) is 5.69 Å². The van der Waals surface area contributed by atoms with E-state index in [1.165, 1.54) is 19.2 Å². The predicted molar refractivity (Wildman–Crippen MR) is 67.4 cm³/mol. The second-order valence-electron chi connectivity index (χ2n) is 4.46. The van der Waals surface area contributed by atoms with Crippen LogP contribution in [0, 0.1) is 26.9 Å². The van der Waals surface area contributed by atoms with Gasteiger partial charge in [0.05, 0.1) is 23.5 Å². The third-order valence-corrected chi connectivity index (χ3v) is 3.11. The number of non-ortho nitro benzene ring substituents is 1. The largest absolute Gasteiger partial charge is 0.496 e. The summed E-state index contributed by atoms with van der Waals surface area (Å²) in [5.74, 6) is 0.579. The number of hydrogen-bond donors (Lipinski definition) is 0. The first-order valence-electron chi connectivity index (χ1n) is 5.68. The second-order valence-corrected chi connectivity index (χ2v) is 4.46. The van der Waals surface area contributed by atoms with E-state index < -0.39 is 10.3 Å². The minimum Gasteiger partial charge on any atom is -0.496 e. The zero-order valence-electron chi connectivity index (χ0n) is 10.8. The van der Waals surface area contributed by atoms with E-state index in [-0.39, 0.29) is 5.69 Å². The topological polar surface area (TPSA) is 76.2 Å². The first kappa shape index (κ1) is 14.0. The van der Waals surface area contributed by atoms with Crippen molar-refractivity contribution >= 4 is 5.69 Å². The van der Waals surface area contributed by atoms with Crippen molar-refractivity contribution in [2.45, 2.75) is 26.7 Å². The number of hydrogen-bond acceptors (Lipinski definition) is 4. The lowest BCUT2D eigenvalue weighted by Gasteiger charge is -2.20. The number of ether oxygens (including phenoxy) is 1. The van der Waals surface area contributed by atoms with Gasteiger partial charge in [-0.3, -0.25) is 10.1 Å². The number of nitro benzene ring substituents is 1. The van der Waals surface area contributed by atoms with Gasteiger partial charge in [0.1, 0.15) is 5.75 Å². The fourth-order valence-electron chi connectivity index (χ4n) is 1.68. The highest BCUT2D eigenvalue weighted by molar-refractivity contribution is 5.44. The first-order valence-corrected chi connectivity index (χ1v) is 5.68. The van der Waals surface area contributed by atoms with Crippen LogP contribution in [0.25, 0.3) is 0 Å². The highest BCUT2D eigenvalue weighted by Gasteiger charge is 2.25. The fraction of sp³-hybridized carbons (Fsp3) is 0.462. The van der Waals surface area contributed by atoms with Crippen molar-refractivity contribution in [3.63, 3.8) is 0 Å². The van der Waals surface area contributed by atoms with Crippen molar-refractivity contribution in [2.24, 2.45) is 5.41 Å². The second kappa shape index (κ2) is 5.50. The summed E-state index contributed by atoms with van der Waals surface area (Å²) in [7, 11) is 1.51. The van der Waals surface area contributed by atoms with Gasteiger partial charge in [0.25, 0.3) is 5.69 Å². The molecule has 5 heteroatoms. The minimum absolute atomic E-state index is 0.0159. The van der Waals surface area contributed by atoms with Crippen LogP contribution in [0.3, 0.4) is 0 Å². The smallest absolute Gasteiger partial charge is 0.269 e. The Morgan fingerprint density at radius 3 is 2.67 bits per heavy atom. The molecule has 0 fully saturated rings. The molecular formula is C13H16N2O3. The monoisotopic (exact) mass is 248 g/mol. The summed E-state index contributed by atoms with van der Waals surface area (Å²) >= 11 is 0. The van der Waals surface area contributed by atoms with Crippen LogP contribution in [0.2, 0.25) is 0 Å². The molecule has 0 aliphatic carbocycles. The van der Waals surface area contributed by atoms with Gasteiger partial charge < -0.3 is 4.74 Å². The molecule has 0 aliphatic heterocycles. The van der Waals surface area contributed by atoms with E-state index in [0.717, 1.165) is 0 Å².